The van der Waals surface area contributed by atoms with Crippen molar-refractivity contribution in [1.29, 1.82) is 0 Å². The molecular weight excluding hydrogens is 411 g/mol. The van der Waals surface area contributed by atoms with Gasteiger partial charge in [0.1, 0.15) is 5.82 Å². The van der Waals surface area contributed by atoms with Crippen LogP contribution in [0, 0.1) is 12.7 Å². The summed E-state index contributed by atoms with van der Waals surface area (Å²) in [7, 11) is -3.69. The number of hydrogen-bond acceptors (Lipinski definition) is 3. The maximum atomic E-state index is 13.6. The highest BCUT2D eigenvalue weighted by atomic mass is 32.2. The molecule has 0 radical (unpaired) electrons. The zero-order valence-electron chi connectivity index (χ0n) is 17.6. The predicted molar refractivity (Wildman–Crippen MR) is 122 cm³/mol. The Labute approximate surface area is 184 Å². The molecule has 1 saturated heterocycles. The number of aryl methyl sites for hydroxylation is 1. The van der Waals surface area contributed by atoms with Gasteiger partial charge in [0.25, 0.3) is 10.0 Å². The van der Waals surface area contributed by atoms with Crippen LogP contribution in [0.4, 0.5) is 10.1 Å². The fraction of sp³-hybridized carbons (Fsp3) is 0.280. The van der Waals surface area contributed by atoms with E-state index in [1.165, 1.54) is 6.07 Å². The molecular formula is C25H27FN2O2S. The first-order chi connectivity index (χ1) is 14.9. The average molecular weight is 439 g/mol. The number of likely N-dealkylation sites (tertiary alicyclic amines) is 1. The quantitative estimate of drug-likeness (QED) is 0.544. The number of hydrogen-bond donors (Lipinski definition) is 0. The third kappa shape index (κ3) is 4.97. The number of rotatable bonds is 6. The minimum absolute atomic E-state index is 0.127. The Balaban J connectivity index is 1.55. The summed E-state index contributed by atoms with van der Waals surface area (Å²) in [5.74, 6) is -0.230. The van der Waals surface area contributed by atoms with Crippen LogP contribution in [0.5, 0.6) is 0 Å². The lowest BCUT2D eigenvalue weighted by Crippen LogP contribution is -2.47. The van der Waals surface area contributed by atoms with Crippen molar-refractivity contribution in [2.24, 2.45) is 0 Å². The van der Waals surface area contributed by atoms with Crippen molar-refractivity contribution >= 4 is 15.7 Å². The Morgan fingerprint density at radius 1 is 0.935 bits per heavy atom. The van der Waals surface area contributed by atoms with Crippen molar-refractivity contribution in [2.75, 3.05) is 17.4 Å². The van der Waals surface area contributed by atoms with Gasteiger partial charge in [-0.25, -0.2) is 12.8 Å². The third-order valence-corrected chi connectivity index (χ3v) is 7.67. The topological polar surface area (TPSA) is 40.6 Å². The summed E-state index contributed by atoms with van der Waals surface area (Å²) in [5, 5.41) is 0. The van der Waals surface area contributed by atoms with E-state index in [2.05, 4.69) is 4.90 Å². The number of anilines is 1. The van der Waals surface area contributed by atoms with Gasteiger partial charge in [-0.3, -0.25) is 9.21 Å². The van der Waals surface area contributed by atoms with Gasteiger partial charge in [-0.1, -0.05) is 48.0 Å². The van der Waals surface area contributed by atoms with Crippen molar-refractivity contribution in [3.63, 3.8) is 0 Å². The Morgan fingerprint density at radius 2 is 1.61 bits per heavy atom. The highest BCUT2D eigenvalue weighted by molar-refractivity contribution is 7.92. The van der Waals surface area contributed by atoms with E-state index in [0.717, 1.165) is 37.1 Å². The van der Waals surface area contributed by atoms with Gasteiger partial charge in [0.2, 0.25) is 0 Å². The average Bonchev–Trinajstić information content (AvgIpc) is 2.76. The van der Waals surface area contributed by atoms with Gasteiger partial charge >= 0.3 is 0 Å². The van der Waals surface area contributed by atoms with Gasteiger partial charge in [0.05, 0.1) is 10.6 Å². The zero-order valence-corrected chi connectivity index (χ0v) is 18.4. The number of piperidine rings is 1. The standard InChI is InChI=1S/C25H27FN2O2S/c1-20-10-12-25(13-11-20)31(29,30)28(23-8-3-2-4-9-23)24-14-16-27(17-15-24)19-21-6-5-7-22(26)18-21/h2-13,18,24H,14-17,19H2,1H3. The van der Waals surface area contributed by atoms with E-state index in [4.69, 9.17) is 0 Å². The predicted octanol–water partition coefficient (Wildman–Crippen LogP) is 4.99. The highest BCUT2D eigenvalue weighted by Gasteiger charge is 2.34. The lowest BCUT2D eigenvalue weighted by atomic mass is 10.0. The Kier molecular flexibility index (Phi) is 6.39. The Bertz CT molecular complexity index is 1110. The molecule has 3 aromatic rings. The molecule has 3 aromatic carbocycles. The molecule has 0 aromatic heterocycles. The molecule has 6 heteroatoms. The first-order valence-electron chi connectivity index (χ1n) is 10.6. The van der Waals surface area contributed by atoms with Crippen LogP contribution >= 0.6 is 0 Å². The number of para-hydroxylation sites is 1. The van der Waals surface area contributed by atoms with Crippen LogP contribution in [0.2, 0.25) is 0 Å². The SMILES string of the molecule is Cc1ccc(S(=O)(=O)N(c2ccccc2)C2CCN(Cc3cccc(F)c3)CC2)cc1. The first kappa shape index (κ1) is 21.5. The van der Waals surface area contributed by atoms with Crippen LogP contribution in [-0.4, -0.2) is 32.4 Å². The van der Waals surface area contributed by atoms with Crippen molar-refractivity contribution in [1.82, 2.24) is 4.90 Å². The molecule has 0 N–H and O–H groups in total. The number of halogens is 1. The van der Waals surface area contributed by atoms with Crippen LogP contribution in [0.25, 0.3) is 0 Å². The van der Waals surface area contributed by atoms with Gasteiger partial charge < -0.3 is 0 Å². The first-order valence-corrected chi connectivity index (χ1v) is 12.0. The molecule has 0 spiro atoms. The summed E-state index contributed by atoms with van der Waals surface area (Å²) in [6, 6.07) is 22.9. The molecule has 4 rings (SSSR count). The van der Waals surface area contributed by atoms with E-state index in [-0.39, 0.29) is 11.9 Å². The van der Waals surface area contributed by atoms with Crippen molar-refractivity contribution in [2.45, 2.75) is 37.2 Å². The molecule has 1 aliphatic rings. The van der Waals surface area contributed by atoms with Gasteiger partial charge in [0, 0.05) is 25.7 Å². The second-order valence-corrected chi connectivity index (χ2v) is 9.90. The lowest BCUT2D eigenvalue weighted by molar-refractivity contribution is 0.206. The molecule has 0 saturated carbocycles. The molecule has 162 valence electrons. The summed E-state index contributed by atoms with van der Waals surface area (Å²) in [6.45, 7) is 4.13. The lowest BCUT2D eigenvalue weighted by Gasteiger charge is -2.39. The smallest absolute Gasteiger partial charge is 0.264 e. The molecule has 31 heavy (non-hydrogen) atoms. The van der Waals surface area contributed by atoms with E-state index in [0.29, 0.717) is 17.1 Å². The van der Waals surface area contributed by atoms with Gasteiger partial charge in [0.15, 0.2) is 0 Å². The summed E-state index contributed by atoms with van der Waals surface area (Å²) in [5.41, 5.74) is 2.65. The molecule has 1 fully saturated rings. The van der Waals surface area contributed by atoms with Crippen molar-refractivity contribution < 1.29 is 12.8 Å². The maximum absolute atomic E-state index is 13.6. The van der Waals surface area contributed by atoms with Crippen LogP contribution in [-0.2, 0) is 16.6 Å². The van der Waals surface area contributed by atoms with Crippen LogP contribution in [0.15, 0.2) is 83.8 Å². The van der Waals surface area contributed by atoms with E-state index < -0.39 is 10.0 Å². The van der Waals surface area contributed by atoms with Crippen molar-refractivity contribution in [3.05, 3.63) is 95.8 Å². The fourth-order valence-electron chi connectivity index (χ4n) is 4.15. The van der Waals surface area contributed by atoms with Crippen LogP contribution in [0.3, 0.4) is 0 Å². The van der Waals surface area contributed by atoms with Gasteiger partial charge in [-0.05, 0) is 61.7 Å². The molecule has 0 atom stereocenters. The number of nitrogens with zero attached hydrogens (tertiary/aromatic N) is 2. The molecule has 0 amide bonds. The third-order valence-electron chi connectivity index (χ3n) is 5.77. The summed E-state index contributed by atoms with van der Waals surface area (Å²) < 4.78 is 42.3. The minimum atomic E-state index is -3.69. The molecule has 0 aliphatic carbocycles. The molecule has 1 heterocycles. The molecule has 4 nitrogen and oxygen atoms in total. The molecule has 0 unspecified atom stereocenters. The Hall–Kier alpha value is -2.70. The van der Waals surface area contributed by atoms with E-state index in [9.17, 15) is 12.8 Å². The normalized spacial score (nSPS) is 15.7. The van der Waals surface area contributed by atoms with Gasteiger partial charge in [-0.15, -0.1) is 0 Å². The van der Waals surface area contributed by atoms with Gasteiger partial charge in [-0.2, -0.15) is 0 Å². The van der Waals surface area contributed by atoms with E-state index >= 15 is 0 Å². The van der Waals surface area contributed by atoms with Crippen molar-refractivity contribution in [3.8, 4) is 0 Å². The second-order valence-electron chi connectivity index (χ2n) is 8.09. The minimum Gasteiger partial charge on any atom is -0.299 e. The Morgan fingerprint density at radius 3 is 2.26 bits per heavy atom. The van der Waals surface area contributed by atoms with Crippen LogP contribution in [0.1, 0.15) is 24.0 Å². The largest absolute Gasteiger partial charge is 0.299 e. The number of benzene rings is 3. The van der Waals surface area contributed by atoms with Crippen LogP contribution < -0.4 is 4.31 Å². The highest BCUT2D eigenvalue weighted by Crippen LogP contribution is 2.30. The van der Waals surface area contributed by atoms with E-state index in [1.807, 2.05) is 55.5 Å². The fourth-order valence-corrected chi connectivity index (χ4v) is 5.86. The molecule has 1 aliphatic heterocycles. The summed E-state index contributed by atoms with van der Waals surface area (Å²) >= 11 is 0. The monoisotopic (exact) mass is 438 g/mol. The second kappa shape index (κ2) is 9.20. The number of sulfonamides is 1. The maximum Gasteiger partial charge on any atom is 0.264 e. The molecule has 0 bridgehead atoms. The zero-order chi connectivity index (χ0) is 21.8. The van der Waals surface area contributed by atoms with E-state index in [1.54, 1.807) is 28.6 Å². The summed E-state index contributed by atoms with van der Waals surface area (Å²) in [6.07, 6.45) is 1.44. The summed E-state index contributed by atoms with van der Waals surface area (Å²) in [4.78, 5) is 2.57.